The molecule has 1 N–H and O–H groups in total. The zero-order valence-corrected chi connectivity index (χ0v) is 16.9. The van der Waals surface area contributed by atoms with Gasteiger partial charge in [0.15, 0.2) is 0 Å². The molecule has 0 saturated carbocycles. The van der Waals surface area contributed by atoms with E-state index < -0.39 is 0 Å². The van der Waals surface area contributed by atoms with Gasteiger partial charge in [-0.05, 0) is 61.7 Å². The second-order valence-electron chi connectivity index (χ2n) is 7.89. The third kappa shape index (κ3) is 4.93. The van der Waals surface area contributed by atoms with E-state index >= 15 is 0 Å². The average molecular weight is 389 g/mol. The molecule has 2 aromatic carbocycles. The lowest BCUT2D eigenvalue weighted by Gasteiger charge is -2.34. The molecule has 3 aromatic rings. The molecule has 5 heteroatoms. The number of piperidine rings is 1. The van der Waals surface area contributed by atoms with Crippen molar-refractivity contribution in [3.8, 4) is 0 Å². The number of rotatable bonds is 5. The summed E-state index contributed by atoms with van der Waals surface area (Å²) in [5, 5.41) is 4.02. The minimum Gasteiger partial charge on any atom is -0.327 e. The van der Waals surface area contributed by atoms with Gasteiger partial charge in [0, 0.05) is 31.7 Å². The Morgan fingerprint density at radius 3 is 2.66 bits per heavy atom. The first kappa shape index (κ1) is 19.4. The van der Waals surface area contributed by atoms with E-state index in [1.807, 2.05) is 42.3 Å². The lowest BCUT2D eigenvalue weighted by atomic mass is 9.96. The summed E-state index contributed by atoms with van der Waals surface area (Å²) < 4.78 is 0. The number of benzene rings is 2. The Hall–Kier alpha value is -2.92. The molecule has 5 nitrogen and oxygen atoms in total. The van der Waals surface area contributed by atoms with Crippen LogP contribution in [-0.4, -0.2) is 47.5 Å². The lowest BCUT2D eigenvalue weighted by Crippen LogP contribution is -2.40. The smallest absolute Gasteiger partial charge is 0.321 e. The Labute approximate surface area is 172 Å². The number of carbonyl (C=O) groups is 1. The van der Waals surface area contributed by atoms with Crippen molar-refractivity contribution >= 4 is 22.6 Å². The van der Waals surface area contributed by atoms with Crippen molar-refractivity contribution in [3.05, 3.63) is 72.4 Å². The lowest BCUT2D eigenvalue weighted by molar-refractivity contribution is 0.154. The van der Waals surface area contributed by atoms with Crippen LogP contribution in [0.2, 0.25) is 0 Å². The topological polar surface area (TPSA) is 48.5 Å². The minimum atomic E-state index is -0.0620. The normalized spacial score (nSPS) is 15.3. The van der Waals surface area contributed by atoms with Crippen LogP contribution >= 0.6 is 0 Å². The summed E-state index contributed by atoms with van der Waals surface area (Å²) in [6.45, 7) is 3.97. The van der Waals surface area contributed by atoms with Gasteiger partial charge in [0.2, 0.25) is 0 Å². The molecule has 150 valence electrons. The van der Waals surface area contributed by atoms with E-state index in [-0.39, 0.29) is 6.03 Å². The number of urea groups is 1. The standard InChI is InChI=1S/C24H28N4O/c1-27(24(29)26-23-11-5-10-22-21(23)9-6-14-25-22)17-20-12-15-28(16-13-20)18-19-7-3-2-4-8-19/h2-11,14,20H,12-13,15-18H2,1H3,(H,26,29). The SMILES string of the molecule is CN(CC1CCN(Cc2ccccc2)CC1)C(=O)Nc1cccc2ncccc12. The molecule has 2 amide bonds. The highest BCUT2D eigenvalue weighted by Gasteiger charge is 2.22. The third-order valence-corrected chi connectivity index (χ3v) is 5.72. The molecule has 1 aliphatic heterocycles. The highest BCUT2D eigenvalue weighted by molar-refractivity contribution is 6.00. The second-order valence-corrected chi connectivity index (χ2v) is 7.89. The maximum atomic E-state index is 12.7. The van der Waals surface area contributed by atoms with Crippen molar-refractivity contribution in [3.63, 3.8) is 0 Å². The minimum absolute atomic E-state index is 0.0620. The average Bonchev–Trinajstić information content (AvgIpc) is 2.76. The molecule has 29 heavy (non-hydrogen) atoms. The van der Waals surface area contributed by atoms with E-state index in [1.165, 1.54) is 5.56 Å². The van der Waals surface area contributed by atoms with Crippen molar-refractivity contribution in [1.82, 2.24) is 14.8 Å². The highest BCUT2D eigenvalue weighted by atomic mass is 16.2. The summed E-state index contributed by atoms with van der Waals surface area (Å²) >= 11 is 0. The fourth-order valence-corrected chi connectivity index (χ4v) is 4.06. The quantitative estimate of drug-likeness (QED) is 0.694. The maximum absolute atomic E-state index is 12.7. The molecule has 1 fully saturated rings. The highest BCUT2D eigenvalue weighted by Crippen LogP contribution is 2.23. The van der Waals surface area contributed by atoms with Crippen LogP contribution in [0.1, 0.15) is 18.4 Å². The number of pyridine rings is 1. The van der Waals surface area contributed by atoms with Gasteiger partial charge in [0.1, 0.15) is 0 Å². The number of fused-ring (bicyclic) bond motifs is 1. The molecule has 0 bridgehead atoms. The molecule has 4 rings (SSSR count). The van der Waals surface area contributed by atoms with Gasteiger partial charge >= 0.3 is 6.03 Å². The first-order valence-corrected chi connectivity index (χ1v) is 10.3. The fourth-order valence-electron chi connectivity index (χ4n) is 4.06. The number of nitrogens with zero attached hydrogens (tertiary/aromatic N) is 3. The zero-order valence-electron chi connectivity index (χ0n) is 16.9. The molecule has 1 saturated heterocycles. The second kappa shape index (κ2) is 9.05. The first-order valence-electron chi connectivity index (χ1n) is 10.3. The van der Waals surface area contributed by atoms with Crippen LogP contribution in [0, 0.1) is 5.92 Å². The van der Waals surface area contributed by atoms with Gasteiger partial charge in [0.25, 0.3) is 0 Å². The van der Waals surface area contributed by atoms with Crippen molar-refractivity contribution in [2.24, 2.45) is 5.92 Å². The molecule has 1 aliphatic rings. The van der Waals surface area contributed by atoms with Crippen LogP contribution in [-0.2, 0) is 6.54 Å². The Kier molecular flexibility index (Phi) is 6.06. The third-order valence-electron chi connectivity index (χ3n) is 5.72. The Morgan fingerprint density at radius 2 is 1.86 bits per heavy atom. The summed E-state index contributed by atoms with van der Waals surface area (Å²) in [6.07, 6.45) is 4.02. The van der Waals surface area contributed by atoms with Gasteiger partial charge in [-0.1, -0.05) is 36.4 Å². The predicted molar refractivity (Wildman–Crippen MR) is 118 cm³/mol. The summed E-state index contributed by atoms with van der Waals surface area (Å²) in [6, 6.07) is 20.3. The molecule has 0 spiro atoms. The van der Waals surface area contributed by atoms with E-state index in [4.69, 9.17) is 0 Å². The van der Waals surface area contributed by atoms with E-state index in [1.54, 1.807) is 6.20 Å². The molecular weight excluding hydrogens is 360 g/mol. The van der Waals surface area contributed by atoms with Crippen molar-refractivity contribution in [2.75, 3.05) is 32.0 Å². The van der Waals surface area contributed by atoms with Gasteiger partial charge in [-0.15, -0.1) is 0 Å². The summed E-state index contributed by atoms with van der Waals surface area (Å²) in [4.78, 5) is 21.4. The zero-order chi connectivity index (χ0) is 20.1. The maximum Gasteiger partial charge on any atom is 0.321 e. The molecule has 0 aliphatic carbocycles. The van der Waals surface area contributed by atoms with Crippen molar-refractivity contribution in [2.45, 2.75) is 19.4 Å². The number of anilines is 1. The molecule has 0 atom stereocenters. The molecule has 0 radical (unpaired) electrons. The fraction of sp³-hybridized carbons (Fsp3) is 0.333. The van der Waals surface area contributed by atoms with Gasteiger partial charge in [-0.2, -0.15) is 0 Å². The van der Waals surface area contributed by atoms with E-state index in [2.05, 4.69) is 45.5 Å². The summed E-state index contributed by atoms with van der Waals surface area (Å²) in [5.41, 5.74) is 3.07. The Morgan fingerprint density at radius 1 is 1.07 bits per heavy atom. The number of hydrogen-bond acceptors (Lipinski definition) is 3. The first-order chi connectivity index (χ1) is 14.2. The van der Waals surface area contributed by atoms with Gasteiger partial charge in [-0.25, -0.2) is 4.79 Å². The predicted octanol–water partition coefficient (Wildman–Crippen LogP) is 4.61. The monoisotopic (exact) mass is 388 g/mol. The Bertz CT molecular complexity index is 946. The number of hydrogen-bond donors (Lipinski definition) is 1. The summed E-state index contributed by atoms with van der Waals surface area (Å²) in [7, 11) is 1.88. The molecular formula is C24H28N4O. The van der Waals surface area contributed by atoms with Crippen LogP contribution in [0.3, 0.4) is 0 Å². The molecule has 1 aromatic heterocycles. The number of amides is 2. The Balaban J connectivity index is 1.28. The van der Waals surface area contributed by atoms with Gasteiger partial charge in [-0.3, -0.25) is 9.88 Å². The van der Waals surface area contributed by atoms with E-state index in [9.17, 15) is 4.79 Å². The van der Waals surface area contributed by atoms with Crippen LogP contribution in [0.25, 0.3) is 10.9 Å². The van der Waals surface area contributed by atoms with E-state index in [0.29, 0.717) is 5.92 Å². The molecule has 2 heterocycles. The van der Waals surface area contributed by atoms with Crippen molar-refractivity contribution < 1.29 is 4.79 Å². The van der Waals surface area contributed by atoms with Crippen LogP contribution in [0.4, 0.5) is 10.5 Å². The van der Waals surface area contributed by atoms with Crippen LogP contribution in [0.5, 0.6) is 0 Å². The summed E-state index contributed by atoms with van der Waals surface area (Å²) in [5.74, 6) is 0.548. The van der Waals surface area contributed by atoms with Gasteiger partial charge in [0.05, 0.1) is 11.2 Å². The van der Waals surface area contributed by atoms with E-state index in [0.717, 1.165) is 55.6 Å². The largest absolute Gasteiger partial charge is 0.327 e. The van der Waals surface area contributed by atoms with Crippen molar-refractivity contribution in [1.29, 1.82) is 0 Å². The number of carbonyl (C=O) groups excluding carboxylic acids is 1. The molecule has 0 unspecified atom stereocenters. The number of aromatic nitrogens is 1. The number of nitrogens with one attached hydrogen (secondary N) is 1. The van der Waals surface area contributed by atoms with Crippen LogP contribution < -0.4 is 5.32 Å². The number of likely N-dealkylation sites (tertiary alicyclic amines) is 1. The van der Waals surface area contributed by atoms with Crippen LogP contribution in [0.15, 0.2) is 66.9 Å². The van der Waals surface area contributed by atoms with Gasteiger partial charge < -0.3 is 10.2 Å².